The van der Waals surface area contributed by atoms with Crippen LogP contribution in [0, 0.1) is 11.8 Å². The Labute approximate surface area is 165 Å². The maximum atomic E-state index is 13.3. The second kappa shape index (κ2) is 7.80. The van der Waals surface area contributed by atoms with Gasteiger partial charge in [0, 0.05) is 29.2 Å². The van der Waals surface area contributed by atoms with Gasteiger partial charge in [0.1, 0.15) is 6.04 Å². The Kier molecular flexibility index (Phi) is 5.42. The van der Waals surface area contributed by atoms with Gasteiger partial charge in [-0.2, -0.15) is 0 Å². The van der Waals surface area contributed by atoms with E-state index in [2.05, 4.69) is 5.32 Å². The summed E-state index contributed by atoms with van der Waals surface area (Å²) in [7, 11) is 0. The van der Waals surface area contributed by atoms with Gasteiger partial charge in [0.15, 0.2) is 0 Å². The number of benzene rings is 1. The topological polar surface area (TPSA) is 75.4 Å². The third kappa shape index (κ3) is 3.99. The van der Waals surface area contributed by atoms with Crippen molar-refractivity contribution in [3.63, 3.8) is 0 Å². The number of nitrogens with zero attached hydrogens (tertiary/aromatic N) is 1. The van der Waals surface area contributed by atoms with Crippen molar-refractivity contribution in [3.05, 3.63) is 34.9 Å². The van der Waals surface area contributed by atoms with Crippen molar-refractivity contribution in [2.24, 2.45) is 17.6 Å². The van der Waals surface area contributed by atoms with Crippen molar-refractivity contribution >= 4 is 23.4 Å². The van der Waals surface area contributed by atoms with E-state index in [1.165, 1.54) is 6.42 Å². The number of hydrogen-bond donors (Lipinski definition) is 2. The zero-order valence-electron chi connectivity index (χ0n) is 15.6. The van der Waals surface area contributed by atoms with Gasteiger partial charge in [0.25, 0.3) is 5.91 Å². The van der Waals surface area contributed by atoms with E-state index in [1.807, 2.05) is 4.90 Å². The van der Waals surface area contributed by atoms with Gasteiger partial charge >= 0.3 is 0 Å². The molecule has 146 valence electrons. The first kappa shape index (κ1) is 18.8. The molecule has 3 N–H and O–H groups in total. The molecular formula is C21H28ClN3O2. The first-order valence-electron chi connectivity index (χ1n) is 10.2. The van der Waals surface area contributed by atoms with Gasteiger partial charge in [-0.25, -0.2) is 0 Å². The number of nitrogens with one attached hydrogen (secondary N) is 1. The van der Waals surface area contributed by atoms with Crippen LogP contribution in [0.25, 0.3) is 0 Å². The molecule has 5 nitrogen and oxygen atoms in total. The van der Waals surface area contributed by atoms with E-state index in [0.29, 0.717) is 29.0 Å². The Morgan fingerprint density at radius 3 is 2.74 bits per heavy atom. The van der Waals surface area contributed by atoms with Gasteiger partial charge in [-0.3, -0.25) is 9.59 Å². The highest BCUT2D eigenvalue weighted by atomic mass is 35.5. The van der Waals surface area contributed by atoms with E-state index in [1.54, 1.807) is 24.3 Å². The molecule has 4 rings (SSSR count). The average molecular weight is 390 g/mol. The first-order valence-corrected chi connectivity index (χ1v) is 10.5. The molecule has 0 radical (unpaired) electrons. The molecule has 1 heterocycles. The first-order chi connectivity index (χ1) is 13.0. The summed E-state index contributed by atoms with van der Waals surface area (Å²) in [5, 5.41) is 3.56. The second-order valence-corrected chi connectivity index (χ2v) is 8.77. The Hall–Kier alpha value is -1.59. The highest BCUT2D eigenvalue weighted by Gasteiger charge is 2.47. The monoisotopic (exact) mass is 389 g/mol. The molecule has 2 amide bonds. The standard InChI is InChI=1S/C21H28ClN3O2/c22-16-6-3-5-15(10-16)21(27)25-18-7-2-1-4-14(18)11-19(25)20(26)24-12-17(23)13-8-9-13/h3,5-6,10,13-14,17-19H,1-2,4,7-9,11-12,23H2,(H,24,26). The normalized spacial score (nSPS) is 28.5. The van der Waals surface area contributed by atoms with E-state index < -0.39 is 6.04 Å². The van der Waals surface area contributed by atoms with Gasteiger partial charge in [-0.05, 0) is 62.1 Å². The molecule has 2 saturated carbocycles. The van der Waals surface area contributed by atoms with Gasteiger partial charge < -0.3 is 16.0 Å². The number of hydrogen-bond acceptors (Lipinski definition) is 3. The number of fused-ring (bicyclic) bond motifs is 1. The zero-order chi connectivity index (χ0) is 19.0. The smallest absolute Gasteiger partial charge is 0.254 e. The lowest BCUT2D eigenvalue weighted by molar-refractivity contribution is -0.125. The number of carbonyl (C=O) groups is 2. The Morgan fingerprint density at radius 1 is 1.22 bits per heavy atom. The second-order valence-electron chi connectivity index (χ2n) is 8.33. The van der Waals surface area contributed by atoms with Crippen molar-refractivity contribution in [2.75, 3.05) is 6.54 Å². The summed E-state index contributed by atoms with van der Waals surface area (Å²) in [6.45, 7) is 0.495. The minimum atomic E-state index is -0.406. The molecule has 3 aliphatic rings. The summed E-state index contributed by atoms with van der Waals surface area (Å²) in [6, 6.07) is 6.78. The number of nitrogens with two attached hydrogens (primary N) is 1. The van der Waals surface area contributed by atoms with Crippen LogP contribution in [-0.4, -0.2) is 41.4 Å². The third-order valence-corrected chi connectivity index (χ3v) is 6.67. The Balaban J connectivity index is 1.52. The molecule has 1 aromatic carbocycles. The van der Waals surface area contributed by atoms with Crippen LogP contribution < -0.4 is 11.1 Å². The summed E-state index contributed by atoms with van der Waals surface area (Å²) in [5.41, 5.74) is 6.69. The van der Waals surface area contributed by atoms with Crippen LogP contribution in [0.5, 0.6) is 0 Å². The minimum Gasteiger partial charge on any atom is -0.353 e. The van der Waals surface area contributed by atoms with Crippen LogP contribution in [0.15, 0.2) is 24.3 Å². The molecule has 1 saturated heterocycles. The SMILES string of the molecule is NC(CNC(=O)C1CC2CCCCC2N1C(=O)c1cccc(Cl)c1)C1CC1. The Bertz CT molecular complexity index is 721. The molecule has 0 bridgehead atoms. The number of rotatable bonds is 5. The Morgan fingerprint density at radius 2 is 2.00 bits per heavy atom. The van der Waals surface area contributed by atoms with E-state index in [-0.39, 0.29) is 23.9 Å². The summed E-state index contributed by atoms with van der Waals surface area (Å²) < 4.78 is 0. The number of carbonyl (C=O) groups excluding carboxylic acids is 2. The van der Waals surface area contributed by atoms with E-state index >= 15 is 0 Å². The predicted molar refractivity (Wildman–Crippen MR) is 105 cm³/mol. The molecule has 4 unspecified atom stereocenters. The van der Waals surface area contributed by atoms with Gasteiger partial charge in [0.05, 0.1) is 0 Å². The molecule has 0 spiro atoms. The highest BCUT2D eigenvalue weighted by molar-refractivity contribution is 6.31. The van der Waals surface area contributed by atoms with E-state index in [0.717, 1.165) is 38.5 Å². The van der Waals surface area contributed by atoms with Crippen molar-refractivity contribution in [1.29, 1.82) is 0 Å². The molecule has 2 aliphatic carbocycles. The third-order valence-electron chi connectivity index (χ3n) is 6.44. The lowest BCUT2D eigenvalue weighted by atomic mass is 9.84. The molecule has 1 aliphatic heterocycles. The maximum absolute atomic E-state index is 13.3. The van der Waals surface area contributed by atoms with Gasteiger partial charge in [0.2, 0.25) is 5.91 Å². The quantitative estimate of drug-likeness (QED) is 0.812. The van der Waals surface area contributed by atoms with Crippen molar-refractivity contribution in [1.82, 2.24) is 10.2 Å². The fraction of sp³-hybridized carbons (Fsp3) is 0.619. The van der Waals surface area contributed by atoms with Crippen molar-refractivity contribution in [3.8, 4) is 0 Å². The number of halogens is 1. The van der Waals surface area contributed by atoms with Crippen molar-refractivity contribution < 1.29 is 9.59 Å². The maximum Gasteiger partial charge on any atom is 0.254 e. The zero-order valence-corrected chi connectivity index (χ0v) is 16.3. The van der Waals surface area contributed by atoms with Crippen LogP contribution in [0.4, 0.5) is 0 Å². The molecule has 4 atom stereocenters. The fourth-order valence-corrected chi connectivity index (χ4v) is 4.97. The summed E-state index contributed by atoms with van der Waals surface area (Å²) >= 11 is 6.09. The predicted octanol–water partition coefficient (Wildman–Crippen LogP) is 2.97. The highest BCUT2D eigenvalue weighted by Crippen LogP contribution is 2.40. The largest absolute Gasteiger partial charge is 0.353 e. The van der Waals surface area contributed by atoms with E-state index in [4.69, 9.17) is 17.3 Å². The van der Waals surface area contributed by atoms with E-state index in [9.17, 15) is 9.59 Å². The summed E-state index contributed by atoms with van der Waals surface area (Å²) in [4.78, 5) is 28.1. The van der Waals surface area contributed by atoms with Gasteiger partial charge in [-0.1, -0.05) is 30.5 Å². The van der Waals surface area contributed by atoms with Crippen LogP contribution in [0.1, 0.15) is 55.3 Å². The number of amides is 2. The molecule has 3 fully saturated rings. The lowest BCUT2D eigenvalue weighted by Gasteiger charge is -2.33. The fourth-order valence-electron chi connectivity index (χ4n) is 4.78. The lowest BCUT2D eigenvalue weighted by Crippen LogP contribution is -2.51. The molecule has 1 aromatic rings. The van der Waals surface area contributed by atoms with Crippen LogP contribution in [-0.2, 0) is 4.79 Å². The van der Waals surface area contributed by atoms with Crippen LogP contribution in [0.3, 0.4) is 0 Å². The summed E-state index contributed by atoms with van der Waals surface area (Å²) in [5.74, 6) is 0.810. The van der Waals surface area contributed by atoms with Crippen LogP contribution in [0.2, 0.25) is 5.02 Å². The number of likely N-dealkylation sites (tertiary alicyclic amines) is 1. The average Bonchev–Trinajstić information content (AvgIpc) is 3.45. The minimum absolute atomic E-state index is 0.0229. The molecule has 27 heavy (non-hydrogen) atoms. The van der Waals surface area contributed by atoms with Gasteiger partial charge in [-0.15, -0.1) is 0 Å². The van der Waals surface area contributed by atoms with Crippen LogP contribution >= 0.6 is 11.6 Å². The molecule has 0 aromatic heterocycles. The van der Waals surface area contributed by atoms with Crippen molar-refractivity contribution in [2.45, 2.75) is 63.1 Å². The molecular weight excluding hydrogens is 362 g/mol. The summed E-state index contributed by atoms with van der Waals surface area (Å²) in [6.07, 6.45) is 7.43. The molecule has 6 heteroatoms.